The molecule has 2 nitrogen and oxygen atoms in total. The highest BCUT2D eigenvalue weighted by atomic mass is 16.3. The van der Waals surface area contributed by atoms with E-state index in [0.717, 1.165) is 21.9 Å². The van der Waals surface area contributed by atoms with Crippen LogP contribution in [-0.2, 0) is 5.41 Å². The molecule has 0 spiro atoms. The first-order valence-electron chi connectivity index (χ1n) is 17.8. The first-order valence-corrected chi connectivity index (χ1v) is 17.8. The van der Waals surface area contributed by atoms with Crippen LogP contribution in [0.15, 0.2) is 168 Å². The normalized spacial score (nSPS) is 13.5. The summed E-state index contributed by atoms with van der Waals surface area (Å²) in [5.74, 6) is 0. The van der Waals surface area contributed by atoms with Crippen LogP contribution in [0.3, 0.4) is 0 Å². The molecule has 8 aromatic carbocycles. The molecule has 2 aromatic heterocycles. The maximum atomic E-state index is 6.38. The number of nitrogens with zero attached hydrogens (tertiary/aromatic N) is 1. The van der Waals surface area contributed by atoms with Crippen molar-refractivity contribution in [3.63, 3.8) is 0 Å². The Morgan fingerprint density at radius 3 is 1.78 bits per heavy atom. The third-order valence-corrected chi connectivity index (χ3v) is 11.3. The van der Waals surface area contributed by atoms with E-state index in [9.17, 15) is 0 Å². The van der Waals surface area contributed by atoms with Gasteiger partial charge in [-0.05, 0) is 85.3 Å². The van der Waals surface area contributed by atoms with Crippen LogP contribution >= 0.6 is 0 Å². The topological polar surface area (TPSA) is 18.1 Å². The third-order valence-electron chi connectivity index (χ3n) is 11.3. The van der Waals surface area contributed by atoms with Gasteiger partial charge in [-0.1, -0.05) is 147 Å². The van der Waals surface area contributed by atoms with Gasteiger partial charge in [0.25, 0.3) is 0 Å². The molecule has 0 amide bonds. The van der Waals surface area contributed by atoms with Crippen LogP contribution in [0.1, 0.15) is 25.1 Å². The minimum atomic E-state index is -0.153. The number of hydrogen-bond donors (Lipinski definition) is 0. The van der Waals surface area contributed by atoms with E-state index in [0.29, 0.717) is 0 Å². The minimum absolute atomic E-state index is 0.153. The average molecular weight is 652 g/mol. The largest absolute Gasteiger partial charge is 0.456 e. The van der Waals surface area contributed by atoms with Crippen molar-refractivity contribution in [2.24, 2.45) is 0 Å². The predicted molar refractivity (Wildman–Crippen MR) is 214 cm³/mol. The molecular weight excluding hydrogens is 619 g/mol. The first-order chi connectivity index (χ1) is 25.1. The fourth-order valence-corrected chi connectivity index (χ4v) is 9.24. The lowest BCUT2D eigenvalue weighted by Gasteiger charge is -2.24. The molecule has 240 valence electrons. The van der Waals surface area contributed by atoms with E-state index < -0.39 is 0 Å². The molecule has 0 fully saturated rings. The van der Waals surface area contributed by atoms with E-state index in [4.69, 9.17) is 4.42 Å². The quantitative estimate of drug-likeness (QED) is 0.174. The number of aromatic nitrogens is 1. The Bertz CT molecular complexity index is 2990. The molecule has 2 heteroatoms. The molecule has 0 saturated carbocycles. The molecule has 2 heterocycles. The Balaban J connectivity index is 1.25. The van der Waals surface area contributed by atoms with Crippen LogP contribution in [0.5, 0.6) is 0 Å². The zero-order valence-corrected chi connectivity index (χ0v) is 28.4. The predicted octanol–water partition coefficient (Wildman–Crippen LogP) is 13.5. The van der Waals surface area contributed by atoms with Crippen molar-refractivity contribution in [2.75, 3.05) is 0 Å². The lowest BCUT2D eigenvalue weighted by atomic mass is 9.84. The molecule has 10 aromatic rings. The molecular formula is C49H33NO. The molecule has 0 radical (unpaired) electrons. The summed E-state index contributed by atoms with van der Waals surface area (Å²) in [5, 5.41) is 8.55. The Morgan fingerprint density at radius 2 is 1.04 bits per heavy atom. The van der Waals surface area contributed by atoms with Gasteiger partial charge in [-0.25, -0.2) is 0 Å². The molecule has 51 heavy (non-hydrogen) atoms. The molecule has 0 N–H and O–H groups in total. The monoisotopic (exact) mass is 651 g/mol. The number of para-hydroxylation sites is 2. The van der Waals surface area contributed by atoms with Gasteiger partial charge in [0, 0.05) is 38.5 Å². The lowest BCUT2D eigenvalue weighted by molar-refractivity contribution is 0.624. The third kappa shape index (κ3) is 3.82. The minimum Gasteiger partial charge on any atom is -0.456 e. The van der Waals surface area contributed by atoms with Gasteiger partial charge in [0.15, 0.2) is 0 Å². The standard InChI is InChI=1S/C49H33NO/c1-49(2)40-24-12-10-21-36(40)47-37-28-27-30(29-41(37)50(48(47)49)31-15-4-3-5-16-31)44-32-17-6-8-19-34(32)45(35-20-9-7-18-33(35)44)39-23-14-26-43-46(39)38-22-11-13-25-42(38)51-43/h3-29H,1-2H3. The van der Waals surface area contributed by atoms with Crippen LogP contribution in [0.25, 0.3) is 93.5 Å². The maximum absolute atomic E-state index is 6.38. The zero-order chi connectivity index (χ0) is 33.8. The van der Waals surface area contributed by atoms with Gasteiger partial charge in [-0.15, -0.1) is 0 Å². The second kappa shape index (κ2) is 10.3. The summed E-state index contributed by atoms with van der Waals surface area (Å²) in [6.07, 6.45) is 0. The average Bonchev–Trinajstić information content (AvgIpc) is 3.80. The molecule has 0 aliphatic heterocycles. The van der Waals surface area contributed by atoms with E-state index in [2.05, 4.69) is 176 Å². The molecule has 1 aliphatic rings. The first kappa shape index (κ1) is 28.5. The maximum Gasteiger partial charge on any atom is 0.136 e. The fourth-order valence-electron chi connectivity index (χ4n) is 9.24. The summed E-state index contributed by atoms with van der Waals surface area (Å²) >= 11 is 0. The van der Waals surface area contributed by atoms with Crippen LogP contribution in [-0.4, -0.2) is 4.57 Å². The fraction of sp³-hybridized carbons (Fsp3) is 0.0612. The van der Waals surface area contributed by atoms with Gasteiger partial charge < -0.3 is 8.98 Å². The Hall–Kier alpha value is -6.38. The Morgan fingerprint density at radius 1 is 0.451 bits per heavy atom. The van der Waals surface area contributed by atoms with E-state index in [1.807, 2.05) is 6.07 Å². The summed E-state index contributed by atoms with van der Waals surface area (Å²) in [7, 11) is 0. The summed E-state index contributed by atoms with van der Waals surface area (Å²) < 4.78 is 8.91. The van der Waals surface area contributed by atoms with Gasteiger partial charge in [-0.3, -0.25) is 0 Å². The van der Waals surface area contributed by atoms with Gasteiger partial charge >= 0.3 is 0 Å². The van der Waals surface area contributed by atoms with Crippen molar-refractivity contribution in [3.8, 4) is 39.1 Å². The van der Waals surface area contributed by atoms with Gasteiger partial charge in [-0.2, -0.15) is 0 Å². The molecule has 1 aliphatic carbocycles. The highest BCUT2D eigenvalue weighted by Gasteiger charge is 2.40. The molecule has 0 atom stereocenters. The lowest BCUT2D eigenvalue weighted by Crippen LogP contribution is -2.19. The van der Waals surface area contributed by atoms with Gasteiger partial charge in [0.1, 0.15) is 11.2 Å². The van der Waals surface area contributed by atoms with Crippen LogP contribution in [0.2, 0.25) is 0 Å². The van der Waals surface area contributed by atoms with E-state index in [-0.39, 0.29) is 5.41 Å². The van der Waals surface area contributed by atoms with E-state index >= 15 is 0 Å². The molecule has 0 unspecified atom stereocenters. The van der Waals surface area contributed by atoms with Crippen molar-refractivity contribution < 1.29 is 4.42 Å². The molecule has 11 rings (SSSR count). The Labute approximate surface area is 295 Å². The van der Waals surface area contributed by atoms with Crippen molar-refractivity contribution in [3.05, 3.63) is 175 Å². The summed E-state index contributed by atoms with van der Waals surface area (Å²) in [5.41, 5.74) is 14.4. The van der Waals surface area contributed by atoms with Crippen LogP contribution in [0, 0.1) is 0 Å². The highest BCUT2D eigenvalue weighted by Crippen LogP contribution is 2.54. The summed E-state index contributed by atoms with van der Waals surface area (Å²) in [6.45, 7) is 4.75. The summed E-state index contributed by atoms with van der Waals surface area (Å²) in [4.78, 5) is 0. The van der Waals surface area contributed by atoms with Crippen LogP contribution in [0.4, 0.5) is 0 Å². The van der Waals surface area contributed by atoms with Crippen molar-refractivity contribution in [1.82, 2.24) is 4.57 Å². The second-order valence-electron chi connectivity index (χ2n) is 14.4. The summed E-state index contributed by atoms with van der Waals surface area (Å²) in [6, 6.07) is 59.8. The molecule has 0 bridgehead atoms. The molecule has 0 saturated heterocycles. The van der Waals surface area contributed by atoms with Crippen LogP contribution < -0.4 is 0 Å². The van der Waals surface area contributed by atoms with Gasteiger partial charge in [0.2, 0.25) is 0 Å². The van der Waals surface area contributed by atoms with Crippen molar-refractivity contribution >= 4 is 54.4 Å². The highest BCUT2D eigenvalue weighted by molar-refractivity contribution is 6.26. The number of hydrogen-bond acceptors (Lipinski definition) is 1. The van der Waals surface area contributed by atoms with E-state index in [1.165, 1.54) is 82.8 Å². The smallest absolute Gasteiger partial charge is 0.136 e. The number of furan rings is 1. The van der Waals surface area contributed by atoms with Crippen molar-refractivity contribution in [1.29, 1.82) is 0 Å². The van der Waals surface area contributed by atoms with Crippen molar-refractivity contribution in [2.45, 2.75) is 19.3 Å². The van der Waals surface area contributed by atoms with Gasteiger partial charge in [0.05, 0.1) is 5.52 Å². The Kier molecular flexibility index (Phi) is 5.76. The number of fused-ring (bicyclic) bond motifs is 10. The van der Waals surface area contributed by atoms with E-state index in [1.54, 1.807) is 0 Å². The SMILES string of the molecule is CC1(C)c2ccccc2-c2c1n(-c1ccccc1)c1cc(-c3c4ccccc4c(-c4cccc5oc6ccccc6c45)c4ccccc34)ccc21. The second-order valence-corrected chi connectivity index (χ2v) is 14.4. The number of rotatable bonds is 3. The zero-order valence-electron chi connectivity index (χ0n) is 28.4. The number of benzene rings is 8.